The lowest BCUT2D eigenvalue weighted by atomic mass is 10.1. The fourth-order valence-electron chi connectivity index (χ4n) is 2.12. The molecular weight excluding hydrogens is 270 g/mol. The summed E-state index contributed by atoms with van der Waals surface area (Å²) in [7, 11) is 2.48. The second kappa shape index (κ2) is 9.04. The third kappa shape index (κ3) is 4.85. The normalized spacial score (nSPS) is 13.2. The van der Waals surface area contributed by atoms with Crippen LogP contribution < -0.4 is 5.32 Å². The van der Waals surface area contributed by atoms with Crippen LogP contribution in [0.3, 0.4) is 0 Å². The molecule has 0 spiro atoms. The van der Waals surface area contributed by atoms with Crippen molar-refractivity contribution in [2.24, 2.45) is 0 Å². The molecule has 0 aliphatic carbocycles. The predicted octanol–water partition coefficient (Wildman–Crippen LogP) is 2.77. The van der Waals surface area contributed by atoms with E-state index in [0.29, 0.717) is 0 Å². The minimum atomic E-state index is -2.44. The monoisotopic (exact) mass is 295 g/mol. The predicted molar refractivity (Wildman–Crippen MR) is 83.6 cm³/mol. The quantitative estimate of drug-likeness (QED) is 0.409. The molecule has 0 amide bonds. The van der Waals surface area contributed by atoms with Gasteiger partial charge in [0.15, 0.2) is 0 Å². The van der Waals surface area contributed by atoms with E-state index in [-0.39, 0.29) is 6.04 Å². The van der Waals surface area contributed by atoms with E-state index < -0.39 is 8.80 Å². The van der Waals surface area contributed by atoms with E-state index in [4.69, 9.17) is 13.3 Å². The van der Waals surface area contributed by atoms with E-state index in [1.165, 1.54) is 5.56 Å². The average molecular weight is 295 g/mol. The first-order valence-corrected chi connectivity index (χ1v) is 8.71. The number of rotatable bonds is 10. The molecule has 0 bridgehead atoms. The van der Waals surface area contributed by atoms with Crippen LogP contribution >= 0.6 is 0 Å². The third-order valence-electron chi connectivity index (χ3n) is 3.35. The highest BCUT2D eigenvalue weighted by Gasteiger charge is 2.36. The molecule has 0 radical (unpaired) electrons. The molecule has 0 saturated heterocycles. The van der Waals surface area contributed by atoms with Crippen LogP contribution in [0, 0.1) is 0 Å². The maximum atomic E-state index is 5.40. The zero-order valence-electron chi connectivity index (χ0n) is 12.6. The van der Waals surface area contributed by atoms with Crippen LogP contribution in [-0.2, 0) is 13.3 Å². The van der Waals surface area contributed by atoms with Crippen LogP contribution in [0.4, 0.5) is 0 Å². The zero-order chi connectivity index (χ0) is 14.8. The third-order valence-corrected chi connectivity index (χ3v) is 6.18. The lowest BCUT2D eigenvalue weighted by molar-refractivity contribution is 0.123. The number of hydrogen-bond donors (Lipinski definition) is 1. The van der Waals surface area contributed by atoms with Crippen LogP contribution in [0.2, 0.25) is 6.04 Å². The van der Waals surface area contributed by atoms with Gasteiger partial charge in [-0.2, -0.15) is 0 Å². The second-order valence-electron chi connectivity index (χ2n) is 4.48. The topological polar surface area (TPSA) is 39.7 Å². The molecule has 0 aromatic heterocycles. The Kier molecular flexibility index (Phi) is 7.72. The highest BCUT2D eigenvalue weighted by atomic mass is 28.4. The minimum Gasteiger partial charge on any atom is -0.377 e. The van der Waals surface area contributed by atoms with E-state index in [0.717, 1.165) is 19.0 Å². The fourth-order valence-corrected chi connectivity index (χ4v) is 3.84. The fraction of sp³-hybridized carbons (Fsp3) is 0.467. The summed E-state index contributed by atoms with van der Waals surface area (Å²) < 4.78 is 16.2. The Morgan fingerprint density at radius 3 is 2.25 bits per heavy atom. The molecule has 1 aromatic rings. The molecule has 0 aliphatic rings. The molecule has 20 heavy (non-hydrogen) atoms. The largest absolute Gasteiger partial charge is 0.500 e. The molecular formula is C15H25NO3Si. The Hall–Kier alpha value is -0.983. The van der Waals surface area contributed by atoms with Gasteiger partial charge in [-0.3, -0.25) is 0 Å². The van der Waals surface area contributed by atoms with Crippen LogP contribution in [0.15, 0.2) is 43.0 Å². The lowest BCUT2D eigenvalue weighted by Gasteiger charge is -2.24. The SMILES string of the molecule is C=CC(NCCC[Si](OC)(OC)OC)c1ccccc1. The summed E-state index contributed by atoms with van der Waals surface area (Å²) in [5, 5.41) is 3.47. The summed E-state index contributed by atoms with van der Waals surface area (Å²) in [6.45, 7) is 4.74. The van der Waals surface area contributed by atoms with E-state index in [1.807, 2.05) is 24.3 Å². The standard InChI is InChI=1S/C15H25NO3Si/c1-5-15(14-10-7-6-8-11-14)16-12-9-13-20(17-2,18-3)19-4/h5-8,10-11,15-16H,1,9,12-13H2,2-4H3. The number of nitrogens with one attached hydrogen (secondary N) is 1. The van der Waals surface area contributed by atoms with Crippen molar-refractivity contribution in [1.29, 1.82) is 0 Å². The van der Waals surface area contributed by atoms with Gasteiger partial charge in [-0.15, -0.1) is 6.58 Å². The van der Waals surface area contributed by atoms with Crippen LogP contribution in [0.1, 0.15) is 18.0 Å². The van der Waals surface area contributed by atoms with Crippen molar-refractivity contribution in [2.45, 2.75) is 18.5 Å². The highest BCUT2D eigenvalue weighted by Crippen LogP contribution is 2.16. The Bertz CT molecular complexity index is 374. The molecule has 0 heterocycles. The van der Waals surface area contributed by atoms with Gasteiger partial charge in [0.25, 0.3) is 0 Å². The van der Waals surface area contributed by atoms with Crippen molar-refractivity contribution < 1.29 is 13.3 Å². The van der Waals surface area contributed by atoms with Gasteiger partial charge in [0, 0.05) is 27.4 Å². The molecule has 4 nitrogen and oxygen atoms in total. The average Bonchev–Trinajstić information content (AvgIpc) is 2.53. The summed E-state index contributed by atoms with van der Waals surface area (Å²) in [4.78, 5) is 0. The van der Waals surface area contributed by atoms with Crippen LogP contribution in [0.25, 0.3) is 0 Å². The van der Waals surface area contributed by atoms with Crippen molar-refractivity contribution in [3.05, 3.63) is 48.6 Å². The van der Waals surface area contributed by atoms with Gasteiger partial charge in [0.2, 0.25) is 0 Å². The van der Waals surface area contributed by atoms with Crippen molar-refractivity contribution in [2.75, 3.05) is 27.9 Å². The minimum absolute atomic E-state index is 0.167. The summed E-state index contributed by atoms with van der Waals surface area (Å²) >= 11 is 0. The zero-order valence-corrected chi connectivity index (χ0v) is 13.6. The molecule has 5 heteroatoms. The molecule has 1 atom stereocenters. The second-order valence-corrected chi connectivity index (χ2v) is 7.57. The van der Waals surface area contributed by atoms with Crippen molar-refractivity contribution >= 4 is 8.80 Å². The first-order chi connectivity index (χ1) is 9.71. The Morgan fingerprint density at radius 1 is 1.15 bits per heavy atom. The molecule has 1 unspecified atom stereocenters. The first kappa shape index (κ1) is 17.1. The number of benzene rings is 1. The van der Waals surface area contributed by atoms with E-state index >= 15 is 0 Å². The van der Waals surface area contributed by atoms with Gasteiger partial charge in [-0.05, 0) is 18.5 Å². The summed E-state index contributed by atoms with van der Waals surface area (Å²) in [5.74, 6) is 0. The summed E-state index contributed by atoms with van der Waals surface area (Å²) in [5.41, 5.74) is 1.22. The molecule has 0 saturated carbocycles. The molecule has 1 N–H and O–H groups in total. The molecule has 1 rings (SSSR count). The van der Waals surface area contributed by atoms with Gasteiger partial charge in [0.05, 0.1) is 6.04 Å². The first-order valence-electron chi connectivity index (χ1n) is 6.77. The van der Waals surface area contributed by atoms with Gasteiger partial charge in [-0.1, -0.05) is 36.4 Å². The maximum Gasteiger partial charge on any atom is 0.500 e. The van der Waals surface area contributed by atoms with Crippen molar-refractivity contribution in [3.8, 4) is 0 Å². The van der Waals surface area contributed by atoms with Gasteiger partial charge in [0.1, 0.15) is 0 Å². The molecule has 112 valence electrons. The van der Waals surface area contributed by atoms with E-state index in [1.54, 1.807) is 21.3 Å². The van der Waals surface area contributed by atoms with Crippen molar-refractivity contribution in [3.63, 3.8) is 0 Å². The van der Waals surface area contributed by atoms with E-state index in [2.05, 4.69) is 24.0 Å². The Morgan fingerprint density at radius 2 is 1.75 bits per heavy atom. The van der Waals surface area contributed by atoms with Crippen molar-refractivity contribution in [1.82, 2.24) is 5.32 Å². The Balaban J connectivity index is 2.41. The Labute approximate surface area is 123 Å². The highest BCUT2D eigenvalue weighted by molar-refractivity contribution is 6.60. The maximum absolute atomic E-state index is 5.40. The molecule has 0 fully saturated rings. The number of hydrogen-bond acceptors (Lipinski definition) is 4. The van der Waals surface area contributed by atoms with Crippen LogP contribution in [0.5, 0.6) is 0 Å². The van der Waals surface area contributed by atoms with Gasteiger partial charge >= 0.3 is 8.80 Å². The molecule has 0 aliphatic heterocycles. The smallest absolute Gasteiger partial charge is 0.377 e. The lowest BCUT2D eigenvalue weighted by Crippen LogP contribution is -2.43. The van der Waals surface area contributed by atoms with E-state index in [9.17, 15) is 0 Å². The summed E-state index contributed by atoms with van der Waals surface area (Å²) in [6, 6.07) is 11.2. The molecule has 1 aromatic carbocycles. The summed E-state index contributed by atoms with van der Waals surface area (Å²) in [6.07, 6.45) is 2.85. The van der Waals surface area contributed by atoms with Crippen LogP contribution in [-0.4, -0.2) is 36.7 Å². The van der Waals surface area contributed by atoms with Gasteiger partial charge < -0.3 is 18.6 Å². The van der Waals surface area contributed by atoms with Gasteiger partial charge in [-0.25, -0.2) is 0 Å².